The van der Waals surface area contributed by atoms with Crippen molar-refractivity contribution in [2.75, 3.05) is 18.0 Å². The van der Waals surface area contributed by atoms with E-state index in [2.05, 4.69) is 16.0 Å². The van der Waals surface area contributed by atoms with E-state index in [1.54, 1.807) is 0 Å². The molecule has 1 N–H and O–H groups in total. The molecule has 1 aliphatic heterocycles. The Morgan fingerprint density at radius 3 is 2.53 bits per heavy atom. The van der Waals surface area contributed by atoms with Crippen LogP contribution in [0, 0.1) is 24.2 Å². The first-order valence-corrected chi connectivity index (χ1v) is 6.77. The van der Waals surface area contributed by atoms with E-state index in [0.29, 0.717) is 11.5 Å². The summed E-state index contributed by atoms with van der Waals surface area (Å²) in [5.74, 6) is 1.11. The highest BCUT2D eigenvalue weighted by Crippen LogP contribution is 2.30. The zero-order valence-corrected chi connectivity index (χ0v) is 11.8. The van der Waals surface area contributed by atoms with Gasteiger partial charge in [0.15, 0.2) is 0 Å². The minimum Gasteiger partial charge on any atom is -0.390 e. The van der Waals surface area contributed by atoms with E-state index < -0.39 is 5.60 Å². The molecule has 102 valence electrons. The normalized spacial score (nSPS) is 17.3. The third-order valence-electron chi connectivity index (χ3n) is 3.93. The van der Waals surface area contributed by atoms with Gasteiger partial charge in [-0.15, -0.1) is 0 Å². The van der Waals surface area contributed by atoms with Crippen molar-refractivity contribution in [3.8, 4) is 6.07 Å². The number of anilines is 1. The van der Waals surface area contributed by atoms with Crippen LogP contribution in [0.3, 0.4) is 0 Å². The second kappa shape index (κ2) is 5.18. The highest BCUT2D eigenvalue weighted by atomic mass is 16.3. The van der Waals surface area contributed by atoms with Crippen molar-refractivity contribution in [2.45, 2.75) is 39.2 Å². The predicted octanol–water partition coefficient (Wildman–Crippen LogP) is 2.25. The Bertz CT molecular complexity index is 491. The molecular weight excluding hydrogens is 238 g/mol. The average Bonchev–Trinajstić information content (AvgIpc) is 2.38. The van der Waals surface area contributed by atoms with Crippen molar-refractivity contribution in [1.29, 1.82) is 5.26 Å². The predicted molar refractivity (Wildman–Crippen MR) is 74.9 cm³/mol. The fourth-order valence-electron chi connectivity index (χ4n) is 2.67. The molecule has 1 fully saturated rings. The molecule has 0 saturated carbocycles. The van der Waals surface area contributed by atoms with Crippen molar-refractivity contribution < 1.29 is 5.11 Å². The van der Waals surface area contributed by atoms with Crippen LogP contribution in [0.15, 0.2) is 12.1 Å². The van der Waals surface area contributed by atoms with E-state index >= 15 is 0 Å². The number of nitrogens with zero attached hydrogens (tertiary/aromatic N) is 3. The summed E-state index contributed by atoms with van der Waals surface area (Å²) in [6.07, 6.45) is 1.87. The van der Waals surface area contributed by atoms with Crippen molar-refractivity contribution in [2.24, 2.45) is 5.92 Å². The molecule has 0 radical (unpaired) electrons. The van der Waals surface area contributed by atoms with Gasteiger partial charge in [-0.25, -0.2) is 4.98 Å². The quantitative estimate of drug-likeness (QED) is 0.885. The molecule has 0 atom stereocenters. The Morgan fingerprint density at radius 2 is 2.00 bits per heavy atom. The Kier molecular flexibility index (Phi) is 3.77. The molecule has 0 amide bonds. The monoisotopic (exact) mass is 259 g/mol. The van der Waals surface area contributed by atoms with Gasteiger partial charge in [-0.05, 0) is 51.7 Å². The fraction of sp³-hybridized carbons (Fsp3) is 0.600. The molecule has 0 aliphatic carbocycles. The van der Waals surface area contributed by atoms with Crippen LogP contribution in [0.25, 0.3) is 0 Å². The van der Waals surface area contributed by atoms with Crippen LogP contribution >= 0.6 is 0 Å². The van der Waals surface area contributed by atoms with E-state index in [1.807, 2.05) is 32.9 Å². The molecule has 1 saturated heterocycles. The smallest absolute Gasteiger partial charge is 0.146 e. The van der Waals surface area contributed by atoms with Gasteiger partial charge in [0.2, 0.25) is 0 Å². The molecule has 0 bridgehead atoms. The summed E-state index contributed by atoms with van der Waals surface area (Å²) < 4.78 is 0. The maximum absolute atomic E-state index is 10.1. The van der Waals surface area contributed by atoms with Crippen LogP contribution in [-0.2, 0) is 0 Å². The summed E-state index contributed by atoms with van der Waals surface area (Å²) >= 11 is 0. The number of pyridine rings is 1. The van der Waals surface area contributed by atoms with Crippen LogP contribution < -0.4 is 4.90 Å². The number of aryl methyl sites for hydroxylation is 1. The van der Waals surface area contributed by atoms with E-state index in [9.17, 15) is 5.11 Å². The lowest BCUT2D eigenvalue weighted by Crippen LogP contribution is -2.42. The Balaban J connectivity index is 2.14. The largest absolute Gasteiger partial charge is 0.390 e. The minimum atomic E-state index is -0.621. The third-order valence-corrected chi connectivity index (χ3v) is 3.93. The van der Waals surface area contributed by atoms with Crippen LogP contribution in [0.2, 0.25) is 0 Å². The Morgan fingerprint density at radius 1 is 1.37 bits per heavy atom. The van der Waals surface area contributed by atoms with E-state index in [0.717, 1.165) is 37.4 Å². The summed E-state index contributed by atoms with van der Waals surface area (Å²) in [5.41, 5.74) is 0.940. The van der Waals surface area contributed by atoms with Gasteiger partial charge >= 0.3 is 0 Å². The molecule has 1 aliphatic rings. The van der Waals surface area contributed by atoms with Gasteiger partial charge in [-0.3, -0.25) is 0 Å². The molecule has 2 rings (SSSR count). The van der Waals surface area contributed by atoms with Crippen molar-refractivity contribution in [1.82, 2.24) is 4.98 Å². The van der Waals surface area contributed by atoms with Crippen molar-refractivity contribution in [3.05, 3.63) is 23.4 Å². The zero-order chi connectivity index (χ0) is 14.0. The van der Waals surface area contributed by atoms with Gasteiger partial charge in [0.05, 0.1) is 11.2 Å². The second-order valence-electron chi connectivity index (χ2n) is 5.85. The fourth-order valence-corrected chi connectivity index (χ4v) is 2.67. The maximum Gasteiger partial charge on any atom is 0.146 e. The first kappa shape index (κ1) is 13.8. The van der Waals surface area contributed by atoms with Crippen LogP contribution in [0.4, 0.5) is 5.82 Å². The number of hydrogen-bond acceptors (Lipinski definition) is 4. The number of aromatic nitrogens is 1. The van der Waals surface area contributed by atoms with E-state index in [-0.39, 0.29) is 0 Å². The Hall–Kier alpha value is -1.60. The van der Waals surface area contributed by atoms with Gasteiger partial charge in [-0.2, -0.15) is 5.26 Å². The van der Waals surface area contributed by atoms with E-state index in [1.165, 1.54) is 0 Å². The van der Waals surface area contributed by atoms with Gasteiger partial charge in [0.25, 0.3) is 0 Å². The average molecular weight is 259 g/mol. The SMILES string of the molecule is Cc1ccc(C#N)c(N2CCC(C(C)(C)O)CC2)n1. The molecule has 0 aromatic carbocycles. The number of aliphatic hydroxyl groups is 1. The number of piperidine rings is 1. The first-order chi connectivity index (χ1) is 8.91. The van der Waals surface area contributed by atoms with Crippen molar-refractivity contribution in [3.63, 3.8) is 0 Å². The number of rotatable bonds is 2. The number of nitriles is 1. The van der Waals surface area contributed by atoms with E-state index in [4.69, 9.17) is 5.26 Å². The molecule has 19 heavy (non-hydrogen) atoms. The maximum atomic E-state index is 10.1. The van der Waals surface area contributed by atoms with Crippen LogP contribution in [-0.4, -0.2) is 28.8 Å². The van der Waals surface area contributed by atoms with Gasteiger partial charge < -0.3 is 10.0 Å². The molecule has 2 heterocycles. The summed E-state index contributed by atoms with van der Waals surface area (Å²) in [7, 11) is 0. The van der Waals surface area contributed by atoms with Gasteiger partial charge in [0.1, 0.15) is 11.9 Å². The third kappa shape index (κ3) is 3.05. The molecule has 0 spiro atoms. The standard InChI is InChI=1S/C15H21N3O/c1-11-4-5-12(10-16)14(17-11)18-8-6-13(7-9-18)15(2,3)19/h4-5,13,19H,6-9H2,1-3H3. The van der Waals surface area contributed by atoms with Gasteiger partial charge in [-0.1, -0.05) is 0 Å². The lowest BCUT2D eigenvalue weighted by atomic mass is 9.83. The summed E-state index contributed by atoms with van der Waals surface area (Å²) in [6.45, 7) is 7.38. The van der Waals surface area contributed by atoms with Crippen molar-refractivity contribution >= 4 is 5.82 Å². The summed E-state index contributed by atoms with van der Waals surface area (Å²) in [6, 6.07) is 5.91. The highest BCUT2D eigenvalue weighted by molar-refractivity contribution is 5.54. The van der Waals surface area contributed by atoms with Crippen LogP contribution in [0.5, 0.6) is 0 Å². The molecule has 1 aromatic rings. The van der Waals surface area contributed by atoms with Gasteiger partial charge in [0, 0.05) is 18.8 Å². The molecule has 4 heteroatoms. The Labute approximate surface area is 114 Å². The second-order valence-corrected chi connectivity index (χ2v) is 5.85. The lowest BCUT2D eigenvalue weighted by Gasteiger charge is -2.38. The summed E-state index contributed by atoms with van der Waals surface area (Å²) in [5, 5.41) is 19.2. The molecule has 0 unspecified atom stereocenters. The zero-order valence-electron chi connectivity index (χ0n) is 11.8. The first-order valence-electron chi connectivity index (χ1n) is 6.77. The highest BCUT2D eigenvalue weighted by Gasteiger charge is 2.31. The molecular formula is C15H21N3O. The lowest BCUT2D eigenvalue weighted by molar-refractivity contribution is 0.00645. The molecule has 1 aromatic heterocycles. The topological polar surface area (TPSA) is 60.2 Å². The number of hydrogen-bond donors (Lipinski definition) is 1. The minimum absolute atomic E-state index is 0.319. The van der Waals surface area contributed by atoms with Crippen LogP contribution in [0.1, 0.15) is 37.9 Å². The molecule has 4 nitrogen and oxygen atoms in total. The summed E-state index contributed by atoms with van der Waals surface area (Å²) in [4.78, 5) is 6.66.